The van der Waals surface area contributed by atoms with Gasteiger partial charge in [0.2, 0.25) is 0 Å². The summed E-state index contributed by atoms with van der Waals surface area (Å²) in [4.78, 5) is 26.0. The van der Waals surface area contributed by atoms with E-state index in [4.69, 9.17) is 5.11 Å². The van der Waals surface area contributed by atoms with Crippen molar-refractivity contribution >= 4 is 28.7 Å². The average molecular weight is 279 g/mol. The van der Waals surface area contributed by atoms with Crippen LogP contribution >= 0.6 is 11.3 Å². The molecule has 8 heteroatoms. The predicted octanol–water partition coefficient (Wildman–Crippen LogP) is 2.36. The van der Waals surface area contributed by atoms with E-state index in [-0.39, 0.29) is 16.9 Å². The van der Waals surface area contributed by atoms with Crippen molar-refractivity contribution in [2.45, 2.75) is 6.54 Å². The SMILES string of the molecule is O=C(O)c1ccc([N+](=O)[O-])c(NCc2cncs2)c1. The summed E-state index contributed by atoms with van der Waals surface area (Å²) in [6.07, 6.45) is 1.64. The molecule has 2 aromatic rings. The van der Waals surface area contributed by atoms with Crippen molar-refractivity contribution in [2.24, 2.45) is 0 Å². The Morgan fingerprint density at radius 3 is 2.89 bits per heavy atom. The summed E-state index contributed by atoms with van der Waals surface area (Å²) < 4.78 is 0. The lowest BCUT2D eigenvalue weighted by atomic mass is 10.1. The zero-order valence-corrected chi connectivity index (χ0v) is 10.4. The Morgan fingerprint density at radius 1 is 1.53 bits per heavy atom. The number of nitro groups is 1. The Bertz CT molecular complexity index is 612. The third-order valence-corrected chi connectivity index (χ3v) is 3.16. The van der Waals surface area contributed by atoms with Crippen molar-refractivity contribution in [1.29, 1.82) is 0 Å². The minimum absolute atomic E-state index is 0.00240. The summed E-state index contributed by atoms with van der Waals surface area (Å²) in [7, 11) is 0. The average Bonchev–Trinajstić information content (AvgIpc) is 2.88. The maximum absolute atomic E-state index is 10.9. The monoisotopic (exact) mass is 279 g/mol. The van der Waals surface area contributed by atoms with E-state index < -0.39 is 10.9 Å². The molecule has 2 rings (SSSR count). The maximum atomic E-state index is 10.9. The van der Waals surface area contributed by atoms with Crippen molar-refractivity contribution in [3.63, 3.8) is 0 Å². The molecular weight excluding hydrogens is 270 g/mol. The quantitative estimate of drug-likeness (QED) is 0.643. The van der Waals surface area contributed by atoms with Crippen LogP contribution in [-0.2, 0) is 6.54 Å². The minimum Gasteiger partial charge on any atom is -0.478 e. The van der Waals surface area contributed by atoms with E-state index in [0.717, 1.165) is 4.88 Å². The van der Waals surface area contributed by atoms with Crippen LogP contribution in [0.1, 0.15) is 15.2 Å². The van der Waals surface area contributed by atoms with E-state index in [1.165, 1.54) is 29.5 Å². The smallest absolute Gasteiger partial charge is 0.335 e. The van der Waals surface area contributed by atoms with E-state index >= 15 is 0 Å². The summed E-state index contributed by atoms with van der Waals surface area (Å²) in [6, 6.07) is 3.64. The fraction of sp³-hybridized carbons (Fsp3) is 0.0909. The lowest BCUT2D eigenvalue weighted by molar-refractivity contribution is -0.384. The fourth-order valence-electron chi connectivity index (χ4n) is 1.48. The molecule has 0 amide bonds. The zero-order chi connectivity index (χ0) is 13.8. The molecule has 0 aliphatic rings. The topological polar surface area (TPSA) is 105 Å². The minimum atomic E-state index is -1.13. The molecule has 7 nitrogen and oxygen atoms in total. The van der Waals surface area contributed by atoms with Crippen LogP contribution < -0.4 is 5.32 Å². The van der Waals surface area contributed by atoms with E-state index in [1.807, 2.05) is 0 Å². The van der Waals surface area contributed by atoms with Gasteiger partial charge in [0.15, 0.2) is 0 Å². The Labute approximate surface area is 111 Å². The number of nitrogens with one attached hydrogen (secondary N) is 1. The molecule has 0 saturated carbocycles. The third-order valence-electron chi connectivity index (χ3n) is 2.38. The molecule has 0 bridgehead atoms. The van der Waals surface area contributed by atoms with Gasteiger partial charge >= 0.3 is 5.97 Å². The number of carbonyl (C=O) groups is 1. The second kappa shape index (κ2) is 5.44. The molecule has 1 heterocycles. The Balaban J connectivity index is 2.27. The second-order valence-electron chi connectivity index (χ2n) is 3.62. The van der Waals surface area contributed by atoms with Gasteiger partial charge in [-0.3, -0.25) is 15.1 Å². The van der Waals surface area contributed by atoms with Crippen LogP contribution in [0.25, 0.3) is 0 Å². The molecule has 1 aromatic heterocycles. The first-order valence-corrected chi connectivity index (χ1v) is 6.09. The van der Waals surface area contributed by atoms with E-state index in [1.54, 1.807) is 11.7 Å². The molecule has 0 spiro atoms. The summed E-state index contributed by atoms with van der Waals surface area (Å²) in [6.45, 7) is 0.356. The summed E-state index contributed by atoms with van der Waals surface area (Å²) in [5.41, 5.74) is 1.67. The van der Waals surface area contributed by atoms with E-state index in [9.17, 15) is 14.9 Å². The second-order valence-corrected chi connectivity index (χ2v) is 4.59. The van der Waals surface area contributed by atoms with Gasteiger partial charge in [-0.1, -0.05) is 0 Å². The first-order valence-electron chi connectivity index (χ1n) is 5.21. The molecule has 0 unspecified atom stereocenters. The van der Waals surface area contributed by atoms with Crippen molar-refractivity contribution in [3.8, 4) is 0 Å². The Morgan fingerprint density at radius 2 is 2.32 bits per heavy atom. The number of hydrogen-bond acceptors (Lipinski definition) is 6. The Kier molecular flexibility index (Phi) is 3.71. The molecule has 98 valence electrons. The number of rotatable bonds is 5. The van der Waals surface area contributed by atoms with Gasteiger partial charge in [-0.25, -0.2) is 4.79 Å². The lowest BCUT2D eigenvalue weighted by Crippen LogP contribution is -2.04. The first kappa shape index (κ1) is 13.0. The van der Waals surface area contributed by atoms with Crippen LogP contribution in [0.5, 0.6) is 0 Å². The summed E-state index contributed by atoms with van der Waals surface area (Å²) in [5.74, 6) is -1.13. The standard InChI is InChI=1S/C11H9N3O4S/c15-11(16)7-1-2-10(14(17)18)9(3-7)13-5-8-4-12-6-19-8/h1-4,6,13H,5H2,(H,15,16). The molecule has 0 aliphatic carbocycles. The van der Waals surface area contributed by atoms with Gasteiger partial charge < -0.3 is 10.4 Å². The van der Waals surface area contributed by atoms with Crippen LogP contribution in [0.4, 0.5) is 11.4 Å². The third kappa shape index (κ3) is 3.05. The highest BCUT2D eigenvalue weighted by Gasteiger charge is 2.16. The van der Waals surface area contributed by atoms with Crippen LogP contribution in [0.3, 0.4) is 0 Å². The van der Waals surface area contributed by atoms with Gasteiger partial charge in [0.05, 0.1) is 22.5 Å². The largest absolute Gasteiger partial charge is 0.478 e. The van der Waals surface area contributed by atoms with Crippen molar-refractivity contribution in [1.82, 2.24) is 4.98 Å². The summed E-state index contributed by atoms with van der Waals surface area (Å²) >= 11 is 1.41. The molecule has 0 radical (unpaired) electrons. The van der Waals surface area contributed by atoms with Crippen LogP contribution in [-0.4, -0.2) is 21.0 Å². The molecule has 0 saturated heterocycles. The lowest BCUT2D eigenvalue weighted by Gasteiger charge is -2.06. The number of hydrogen-bond donors (Lipinski definition) is 2. The number of anilines is 1. The van der Waals surface area contributed by atoms with Gasteiger partial charge in [-0.05, 0) is 12.1 Å². The predicted molar refractivity (Wildman–Crippen MR) is 69.5 cm³/mol. The molecule has 0 aliphatic heterocycles. The molecule has 2 N–H and O–H groups in total. The molecular formula is C11H9N3O4S. The Hall–Kier alpha value is -2.48. The van der Waals surface area contributed by atoms with Gasteiger partial charge in [-0.2, -0.15) is 0 Å². The van der Waals surface area contributed by atoms with Gasteiger partial charge in [0, 0.05) is 17.1 Å². The molecule has 0 atom stereocenters. The highest BCUT2D eigenvalue weighted by molar-refractivity contribution is 7.09. The summed E-state index contributed by atoms with van der Waals surface area (Å²) in [5, 5.41) is 22.6. The number of thiazole rings is 1. The highest BCUT2D eigenvalue weighted by atomic mass is 32.1. The number of aromatic nitrogens is 1. The van der Waals surface area contributed by atoms with Crippen molar-refractivity contribution in [3.05, 3.63) is 50.5 Å². The van der Waals surface area contributed by atoms with Crippen LogP contribution in [0.15, 0.2) is 29.9 Å². The molecule has 0 fully saturated rings. The number of nitrogens with zero attached hydrogens (tertiary/aromatic N) is 2. The first-order chi connectivity index (χ1) is 9.08. The van der Waals surface area contributed by atoms with Crippen molar-refractivity contribution < 1.29 is 14.8 Å². The van der Waals surface area contributed by atoms with E-state index in [2.05, 4.69) is 10.3 Å². The van der Waals surface area contributed by atoms with Gasteiger partial charge in [-0.15, -0.1) is 11.3 Å². The zero-order valence-electron chi connectivity index (χ0n) is 9.57. The number of carboxylic acids is 1. The number of carboxylic acid groups (broad SMARTS) is 1. The highest BCUT2D eigenvalue weighted by Crippen LogP contribution is 2.26. The normalized spacial score (nSPS) is 10.1. The fourth-order valence-corrected chi connectivity index (χ4v) is 2.02. The van der Waals surface area contributed by atoms with Gasteiger partial charge in [0.25, 0.3) is 5.69 Å². The maximum Gasteiger partial charge on any atom is 0.335 e. The van der Waals surface area contributed by atoms with Gasteiger partial charge in [0.1, 0.15) is 5.69 Å². The molecule has 19 heavy (non-hydrogen) atoms. The number of nitro benzene ring substituents is 1. The van der Waals surface area contributed by atoms with Crippen molar-refractivity contribution in [2.75, 3.05) is 5.32 Å². The number of benzene rings is 1. The van der Waals surface area contributed by atoms with E-state index in [0.29, 0.717) is 6.54 Å². The van der Waals surface area contributed by atoms with Crippen LogP contribution in [0.2, 0.25) is 0 Å². The van der Waals surface area contributed by atoms with Crippen LogP contribution in [0, 0.1) is 10.1 Å². The number of aromatic carboxylic acids is 1. The molecule has 1 aromatic carbocycles.